The molecule has 108 valence electrons. The first-order valence-electron chi connectivity index (χ1n) is 6.71. The van der Waals surface area contributed by atoms with Crippen LogP contribution >= 0.6 is 15.9 Å². The second-order valence-electron chi connectivity index (χ2n) is 5.49. The molecule has 0 saturated carbocycles. The van der Waals surface area contributed by atoms with Crippen molar-refractivity contribution < 1.29 is 8.78 Å². The van der Waals surface area contributed by atoms with Crippen LogP contribution in [0.3, 0.4) is 0 Å². The van der Waals surface area contributed by atoms with Crippen molar-refractivity contribution in [2.45, 2.75) is 46.6 Å². The minimum atomic E-state index is -0.505. The summed E-state index contributed by atoms with van der Waals surface area (Å²) in [7, 11) is 0. The molecule has 0 aliphatic heterocycles. The fourth-order valence-electron chi connectivity index (χ4n) is 2.07. The highest BCUT2D eigenvalue weighted by atomic mass is 79.9. The molecule has 4 heteroatoms. The van der Waals surface area contributed by atoms with E-state index < -0.39 is 11.6 Å². The van der Waals surface area contributed by atoms with Crippen molar-refractivity contribution in [2.24, 2.45) is 5.41 Å². The van der Waals surface area contributed by atoms with Crippen LogP contribution in [-0.2, 0) is 0 Å². The lowest BCUT2D eigenvalue weighted by Gasteiger charge is -2.35. The van der Waals surface area contributed by atoms with E-state index in [-0.39, 0.29) is 17.0 Å². The van der Waals surface area contributed by atoms with Crippen LogP contribution in [0, 0.1) is 17.0 Å². The Labute approximate surface area is 122 Å². The molecule has 0 bridgehead atoms. The molecule has 0 spiro atoms. The summed E-state index contributed by atoms with van der Waals surface area (Å²) in [6.07, 6.45) is 1.76. The first kappa shape index (κ1) is 16.6. The Morgan fingerprint density at radius 2 is 1.89 bits per heavy atom. The number of halogens is 3. The summed E-state index contributed by atoms with van der Waals surface area (Å²) in [5.41, 5.74) is -0.0906. The maximum Gasteiger partial charge on any atom is 0.145 e. The minimum absolute atomic E-state index is 0.134. The molecule has 0 heterocycles. The first-order chi connectivity index (χ1) is 8.85. The van der Waals surface area contributed by atoms with E-state index in [9.17, 15) is 8.78 Å². The molecule has 0 aromatic heterocycles. The highest BCUT2D eigenvalue weighted by molar-refractivity contribution is 9.10. The Bertz CT molecular complexity index is 432. The fourth-order valence-corrected chi connectivity index (χ4v) is 2.42. The SMILES string of the molecule is CCCNC(c1c(F)ccc(Br)c1F)C(C)(C)CC. The van der Waals surface area contributed by atoms with E-state index in [1.807, 2.05) is 27.7 Å². The van der Waals surface area contributed by atoms with Gasteiger partial charge in [0.2, 0.25) is 0 Å². The molecule has 1 atom stereocenters. The van der Waals surface area contributed by atoms with Gasteiger partial charge in [0.25, 0.3) is 0 Å². The van der Waals surface area contributed by atoms with Crippen molar-refractivity contribution in [1.29, 1.82) is 0 Å². The summed E-state index contributed by atoms with van der Waals surface area (Å²) in [6, 6.07) is 2.38. The van der Waals surface area contributed by atoms with Gasteiger partial charge in [0.15, 0.2) is 0 Å². The van der Waals surface area contributed by atoms with Crippen molar-refractivity contribution in [2.75, 3.05) is 6.54 Å². The summed E-state index contributed by atoms with van der Waals surface area (Å²) in [4.78, 5) is 0. The zero-order valence-electron chi connectivity index (χ0n) is 12.0. The largest absolute Gasteiger partial charge is 0.309 e. The van der Waals surface area contributed by atoms with Crippen LogP contribution in [0.15, 0.2) is 16.6 Å². The molecule has 0 aliphatic rings. The Balaban J connectivity index is 3.28. The number of benzene rings is 1. The van der Waals surface area contributed by atoms with Crippen molar-refractivity contribution in [3.8, 4) is 0 Å². The second kappa shape index (κ2) is 6.80. The normalized spacial score (nSPS) is 13.6. The molecular formula is C15H22BrF2N. The van der Waals surface area contributed by atoms with Crippen LogP contribution in [-0.4, -0.2) is 6.54 Å². The number of hydrogen-bond acceptors (Lipinski definition) is 1. The predicted octanol–water partition coefficient (Wildman–Crippen LogP) is 5.20. The van der Waals surface area contributed by atoms with Gasteiger partial charge >= 0.3 is 0 Å². The van der Waals surface area contributed by atoms with Crippen LogP contribution in [0.25, 0.3) is 0 Å². The molecule has 1 unspecified atom stereocenters. The van der Waals surface area contributed by atoms with E-state index in [1.165, 1.54) is 12.1 Å². The van der Waals surface area contributed by atoms with E-state index in [0.717, 1.165) is 19.4 Å². The minimum Gasteiger partial charge on any atom is -0.309 e. The van der Waals surface area contributed by atoms with E-state index in [0.29, 0.717) is 4.47 Å². The van der Waals surface area contributed by atoms with Gasteiger partial charge < -0.3 is 5.32 Å². The third-order valence-electron chi connectivity index (χ3n) is 3.66. The Hall–Kier alpha value is -0.480. The van der Waals surface area contributed by atoms with Gasteiger partial charge in [0, 0.05) is 11.6 Å². The lowest BCUT2D eigenvalue weighted by Crippen LogP contribution is -2.35. The van der Waals surface area contributed by atoms with Gasteiger partial charge in [0.1, 0.15) is 11.6 Å². The predicted molar refractivity (Wildman–Crippen MR) is 79.2 cm³/mol. The average molecular weight is 334 g/mol. The molecular weight excluding hydrogens is 312 g/mol. The van der Waals surface area contributed by atoms with Gasteiger partial charge in [-0.2, -0.15) is 0 Å². The molecule has 1 aromatic carbocycles. The van der Waals surface area contributed by atoms with Crippen LogP contribution in [0.2, 0.25) is 0 Å². The van der Waals surface area contributed by atoms with Gasteiger partial charge in [-0.3, -0.25) is 0 Å². The topological polar surface area (TPSA) is 12.0 Å². The Kier molecular flexibility index (Phi) is 5.93. The van der Waals surface area contributed by atoms with Gasteiger partial charge in [-0.1, -0.05) is 27.7 Å². The van der Waals surface area contributed by atoms with Crippen LogP contribution in [0.5, 0.6) is 0 Å². The van der Waals surface area contributed by atoms with E-state index in [1.54, 1.807) is 0 Å². The van der Waals surface area contributed by atoms with E-state index >= 15 is 0 Å². The van der Waals surface area contributed by atoms with Crippen molar-refractivity contribution in [1.82, 2.24) is 5.32 Å². The maximum absolute atomic E-state index is 14.3. The molecule has 0 saturated heterocycles. The van der Waals surface area contributed by atoms with E-state index in [2.05, 4.69) is 21.2 Å². The lowest BCUT2D eigenvalue weighted by atomic mass is 9.78. The quantitative estimate of drug-likeness (QED) is 0.705. The number of nitrogens with one attached hydrogen (secondary N) is 1. The van der Waals surface area contributed by atoms with Crippen LogP contribution in [0.1, 0.15) is 52.1 Å². The summed E-state index contributed by atoms with van der Waals surface area (Å²) in [6.45, 7) is 8.87. The summed E-state index contributed by atoms with van der Waals surface area (Å²) in [5.74, 6) is -0.994. The number of hydrogen-bond donors (Lipinski definition) is 1. The van der Waals surface area contributed by atoms with Gasteiger partial charge in [-0.25, -0.2) is 8.78 Å². The molecule has 1 N–H and O–H groups in total. The molecule has 19 heavy (non-hydrogen) atoms. The van der Waals surface area contributed by atoms with Crippen LogP contribution in [0.4, 0.5) is 8.78 Å². The first-order valence-corrected chi connectivity index (χ1v) is 7.51. The van der Waals surface area contributed by atoms with Crippen molar-refractivity contribution in [3.05, 3.63) is 33.8 Å². The van der Waals surface area contributed by atoms with E-state index in [4.69, 9.17) is 0 Å². The van der Waals surface area contributed by atoms with Gasteiger partial charge in [-0.15, -0.1) is 0 Å². The van der Waals surface area contributed by atoms with Gasteiger partial charge in [-0.05, 0) is 52.9 Å². The standard InChI is InChI=1S/C15H22BrF2N/c1-5-9-19-14(15(3,4)6-2)12-11(17)8-7-10(16)13(12)18/h7-8,14,19H,5-6,9H2,1-4H3. The molecule has 0 aliphatic carbocycles. The van der Waals surface area contributed by atoms with Crippen molar-refractivity contribution in [3.63, 3.8) is 0 Å². The average Bonchev–Trinajstić information content (AvgIpc) is 2.37. The molecule has 1 rings (SSSR count). The molecule has 1 nitrogen and oxygen atoms in total. The number of rotatable bonds is 6. The molecule has 1 aromatic rings. The summed E-state index contributed by atoms with van der Waals surface area (Å²) >= 11 is 3.14. The van der Waals surface area contributed by atoms with Gasteiger partial charge in [0.05, 0.1) is 4.47 Å². The molecule has 0 fully saturated rings. The Morgan fingerprint density at radius 3 is 2.42 bits per heavy atom. The zero-order valence-corrected chi connectivity index (χ0v) is 13.6. The van der Waals surface area contributed by atoms with Crippen LogP contribution < -0.4 is 5.32 Å². The smallest absolute Gasteiger partial charge is 0.145 e. The second-order valence-corrected chi connectivity index (χ2v) is 6.34. The molecule has 0 radical (unpaired) electrons. The van der Waals surface area contributed by atoms with Crippen molar-refractivity contribution >= 4 is 15.9 Å². The highest BCUT2D eigenvalue weighted by Gasteiger charge is 2.33. The highest BCUT2D eigenvalue weighted by Crippen LogP contribution is 2.39. The Morgan fingerprint density at radius 1 is 1.26 bits per heavy atom. The summed E-state index contributed by atoms with van der Waals surface area (Å²) < 4.78 is 28.7. The summed E-state index contributed by atoms with van der Waals surface area (Å²) in [5, 5.41) is 3.28. The third kappa shape index (κ3) is 3.76. The lowest BCUT2D eigenvalue weighted by molar-refractivity contribution is 0.224. The zero-order chi connectivity index (χ0) is 14.6. The monoisotopic (exact) mass is 333 g/mol. The molecule has 0 amide bonds. The fraction of sp³-hybridized carbons (Fsp3) is 0.600. The maximum atomic E-state index is 14.3. The third-order valence-corrected chi connectivity index (χ3v) is 4.27.